The number of hydrogen-bond donors (Lipinski definition) is 2. The highest BCUT2D eigenvalue weighted by molar-refractivity contribution is 5.79. The van der Waals surface area contributed by atoms with Gasteiger partial charge in [0.25, 0.3) is 0 Å². The van der Waals surface area contributed by atoms with Crippen molar-refractivity contribution in [3.63, 3.8) is 0 Å². The predicted molar refractivity (Wildman–Crippen MR) is 102 cm³/mol. The van der Waals surface area contributed by atoms with Gasteiger partial charge in [-0.25, -0.2) is 0 Å². The third kappa shape index (κ3) is 6.27. The van der Waals surface area contributed by atoms with Crippen LogP contribution in [0, 0.1) is 6.92 Å². The maximum atomic E-state index is 12.8. The standard InChI is InChI=1S/C20H25F3N4/c1-14(16-7-4-8-17(12-16)20(21,22)23)9-11-26-19(24-3)27-13-18-15(2)6-5-10-25-18/h4-8,10,12,14H,9,11,13H2,1-3H3,(H2,24,26,27). The molecule has 2 rings (SSSR count). The van der Waals surface area contributed by atoms with Crippen molar-refractivity contribution in [2.24, 2.45) is 4.99 Å². The lowest BCUT2D eigenvalue weighted by Crippen LogP contribution is -2.37. The molecule has 4 nitrogen and oxygen atoms in total. The van der Waals surface area contributed by atoms with Gasteiger partial charge in [0.15, 0.2) is 5.96 Å². The van der Waals surface area contributed by atoms with Crippen LogP contribution >= 0.6 is 0 Å². The number of hydrogen-bond acceptors (Lipinski definition) is 2. The minimum atomic E-state index is -4.32. The number of guanidine groups is 1. The molecule has 0 aliphatic rings. The molecule has 27 heavy (non-hydrogen) atoms. The molecule has 146 valence electrons. The summed E-state index contributed by atoms with van der Waals surface area (Å²) in [5, 5.41) is 6.39. The molecule has 0 aliphatic carbocycles. The average molecular weight is 378 g/mol. The third-order valence-electron chi connectivity index (χ3n) is 4.42. The van der Waals surface area contributed by atoms with Crippen molar-refractivity contribution in [3.8, 4) is 0 Å². The zero-order valence-electron chi connectivity index (χ0n) is 15.8. The maximum absolute atomic E-state index is 12.8. The first kappa shape index (κ1) is 20.7. The van der Waals surface area contributed by atoms with Crippen LogP contribution in [0.15, 0.2) is 47.6 Å². The van der Waals surface area contributed by atoms with E-state index in [0.29, 0.717) is 31.0 Å². The van der Waals surface area contributed by atoms with Crippen molar-refractivity contribution in [2.75, 3.05) is 13.6 Å². The molecular formula is C20H25F3N4. The molecule has 0 amide bonds. The second kappa shape index (κ2) is 9.39. The summed E-state index contributed by atoms with van der Waals surface area (Å²) in [4.78, 5) is 8.49. The second-order valence-corrected chi connectivity index (χ2v) is 6.43. The number of aliphatic imine (C=N–C) groups is 1. The molecule has 0 spiro atoms. The number of rotatable bonds is 6. The van der Waals surface area contributed by atoms with Crippen molar-refractivity contribution in [1.29, 1.82) is 0 Å². The van der Waals surface area contributed by atoms with Crippen molar-refractivity contribution < 1.29 is 13.2 Å². The first-order valence-corrected chi connectivity index (χ1v) is 8.83. The van der Waals surface area contributed by atoms with E-state index in [1.807, 2.05) is 26.0 Å². The van der Waals surface area contributed by atoms with Crippen LogP contribution in [0.3, 0.4) is 0 Å². The molecule has 1 aromatic heterocycles. The number of pyridine rings is 1. The van der Waals surface area contributed by atoms with Gasteiger partial charge in [0.2, 0.25) is 0 Å². The number of nitrogens with one attached hydrogen (secondary N) is 2. The predicted octanol–water partition coefficient (Wildman–Crippen LogP) is 4.27. The Balaban J connectivity index is 1.84. The minimum absolute atomic E-state index is 0.00376. The van der Waals surface area contributed by atoms with Crippen LogP contribution in [-0.2, 0) is 12.7 Å². The Morgan fingerprint density at radius 3 is 2.63 bits per heavy atom. The minimum Gasteiger partial charge on any atom is -0.356 e. The fourth-order valence-corrected chi connectivity index (χ4v) is 2.69. The van der Waals surface area contributed by atoms with E-state index in [1.165, 1.54) is 12.1 Å². The molecule has 0 radical (unpaired) electrons. The summed E-state index contributed by atoms with van der Waals surface area (Å²) in [5.41, 5.74) is 2.11. The Labute approximate surface area is 157 Å². The van der Waals surface area contributed by atoms with Gasteiger partial charge < -0.3 is 10.6 Å². The van der Waals surface area contributed by atoms with Crippen LogP contribution in [0.1, 0.15) is 41.6 Å². The van der Waals surface area contributed by atoms with Gasteiger partial charge in [-0.15, -0.1) is 0 Å². The van der Waals surface area contributed by atoms with Crippen LogP contribution in [0.2, 0.25) is 0 Å². The fraction of sp³-hybridized carbons (Fsp3) is 0.400. The Morgan fingerprint density at radius 2 is 1.96 bits per heavy atom. The van der Waals surface area contributed by atoms with Crippen molar-refractivity contribution in [2.45, 2.75) is 38.9 Å². The molecule has 1 aromatic carbocycles. The summed E-state index contributed by atoms with van der Waals surface area (Å²) < 4.78 is 38.5. The van der Waals surface area contributed by atoms with Crippen LogP contribution in [0.25, 0.3) is 0 Å². The van der Waals surface area contributed by atoms with E-state index < -0.39 is 11.7 Å². The fourth-order valence-electron chi connectivity index (χ4n) is 2.69. The molecule has 0 bridgehead atoms. The van der Waals surface area contributed by atoms with Crippen molar-refractivity contribution in [3.05, 3.63) is 65.0 Å². The first-order valence-electron chi connectivity index (χ1n) is 8.83. The smallest absolute Gasteiger partial charge is 0.356 e. The summed E-state index contributed by atoms with van der Waals surface area (Å²) in [6.45, 7) is 5.06. The monoisotopic (exact) mass is 378 g/mol. The van der Waals surface area contributed by atoms with Gasteiger partial charge in [0.05, 0.1) is 17.8 Å². The summed E-state index contributed by atoms with van der Waals surface area (Å²) in [6, 6.07) is 9.40. The van der Waals surface area contributed by atoms with Crippen LogP contribution < -0.4 is 10.6 Å². The summed E-state index contributed by atoms with van der Waals surface area (Å²) in [7, 11) is 1.68. The van der Waals surface area contributed by atoms with Crippen LogP contribution in [0.4, 0.5) is 13.2 Å². The van der Waals surface area contributed by atoms with Gasteiger partial charge >= 0.3 is 6.18 Å². The zero-order valence-corrected chi connectivity index (χ0v) is 15.8. The number of aryl methyl sites for hydroxylation is 1. The van der Waals surface area contributed by atoms with Gasteiger partial charge in [0.1, 0.15) is 0 Å². The Bertz CT molecular complexity index is 772. The lowest BCUT2D eigenvalue weighted by atomic mass is 9.96. The van der Waals surface area contributed by atoms with E-state index in [0.717, 1.165) is 17.3 Å². The SMILES string of the molecule is CN=C(NCCC(C)c1cccc(C(F)(F)F)c1)NCc1ncccc1C. The van der Waals surface area contributed by atoms with Crippen molar-refractivity contribution in [1.82, 2.24) is 15.6 Å². The molecule has 0 saturated heterocycles. The molecule has 1 heterocycles. The summed E-state index contributed by atoms with van der Waals surface area (Å²) in [6.07, 6.45) is -1.88. The third-order valence-corrected chi connectivity index (χ3v) is 4.42. The van der Waals surface area contributed by atoms with E-state index in [2.05, 4.69) is 20.6 Å². The zero-order chi connectivity index (χ0) is 19.9. The molecular weight excluding hydrogens is 353 g/mol. The maximum Gasteiger partial charge on any atom is 0.416 e. The Kier molecular flexibility index (Phi) is 7.21. The topological polar surface area (TPSA) is 49.3 Å². The normalized spacial score (nSPS) is 13.3. The molecule has 1 unspecified atom stereocenters. The molecule has 0 fully saturated rings. The molecule has 2 N–H and O–H groups in total. The summed E-state index contributed by atoms with van der Waals surface area (Å²) >= 11 is 0. The number of alkyl halides is 3. The Morgan fingerprint density at radius 1 is 1.19 bits per heavy atom. The summed E-state index contributed by atoms with van der Waals surface area (Å²) in [5.74, 6) is 0.632. The van der Waals surface area contributed by atoms with Crippen molar-refractivity contribution >= 4 is 5.96 Å². The molecule has 2 aromatic rings. The van der Waals surface area contributed by atoms with Crippen LogP contribution in [0.5, 0.6) is 0 Å². The lowest BCUT2D eigenvalue weighted by Gasteiger charge is -2.16. The second-order valence-electron chi connectivity index (χ2n) is 6.43. The van der Waals surface area contributed by atoms with E-state index >= 15 is 0 Å². The largest absolute Gasteiger partial charge is 0.416 e. The quantitative estimate of drug-likeness (QED) is 0.583. The molecule has 7 heteroatoms. The lowest BCUT2D eigenvalue weighted by molar-refractivity contribution is -0.137. The Hall–Kier alpha value is -2.57. The van der Waals surface area contributed by atoms with Gasteiger partial charge in [-0.1, -0.05) is 31.2 Å². The van der Waals surface area contributed by atoms with E-state index in [-0.39, 0.29) is 5.92 Å². The van der Waals surface area contributed by atoms with Gasteiger partial charge in [-0.05, 0) is 42.5 Å². The molecule has 0 aliphatic heterocycles. The number of aromatic nitrogens is 1. The van der Waals surface area contributed by atoms with Gasteiger partial charge in [0, 0.05) is 19.8 Å². The number of halogens is 3. The highest BCUT2D eigenvalue weighted by Crippen LogP contribution is 2.31. The highest BCUT2D eigenvalue weighted by Gasteiger charge is 2.30. The number of nitrogens with zero attached hydrogens (tertiary/aromatic N) is 2. The van der Waals surface area contributed by atoms with E-state index in [4.69, 9.17) is 0 Å². The van der Waals surface area contributed by atoms with Gasteiger partial charge in [-0.2, -0.15) is 13.2 Å². The van der Waals surface area contributed by atoms with E-state index in [1.54, 1.807) is 19.3 Å². The van der Waals surface area contributed by atoms with E-state index in [9.17, 15) is 13.2 Å². The first-order chi connectivity index (χ1) is 12.8. The number of benzene rings is 1. The molecule has 1 atom stereocenters. The molecule has 0 saturated carbocycles. The highest BCUT2D eigenvalue weighted by atomic mass is 19.4. The van der Waals surface area contributed by atoms with Crippen LogP contribution in [-0.4, -0.2) is 24.5 Å². The average Bonchev–Trinajstić information content (AvgIpc) is 2.65. The van der Waals surface area contributed by atoms with Gasteiger partial charge in [-0.3, -0.25) is 9.98 Å².